The van der Waals surface area contributed by atoms with Gasteiger partial charge in [-0.05, 0) is 49.2 Å². The molecule has 0 aromatic heterocycles. The molecule has 0 radical (unpaired) electrons. The first-order valence-corrected chi connectivity index (χ1v) is 9.16. The number of anilines is 1. The van der Waals surface area contributed by atoms with Gasteiger partial charge in [0.15, 0.2) is 0 Å². The van der Waals surface area contributed by atoms with E-state index in [0.717, 1.165) is 15.5 Å². The highest BCUT2D eigenvalue weighted by Crippen LogP contribution is 2.27. The van der Waals surface area contributed by atoms with Gasteiger partial charge >= 0.3 is 0 Å². The quantitative estimate of drug-likeness (QED) is 0.776. The predicted octanol–water partition coefficient (Wildman–Crippen LogP) is 4.65. The average Bonchev–Trinajstić information content (AvgIpc) is 2.55. The first kappa shape index (κ1) is 17.5. The lowest BCUT2D eigenvalue weighted by Gasteiger charge is -2.10. The molecule has 3 nitrogen and oxygen atoms in total. The number of aryl methyl sites for hydroxylation is 2. The molecule has 23 heavy (non-hydrogen) atoms. The number of amides is 1. The summed E-state index contributed by atoms with van der Waals surface area (Å²) in [5.74, 6) is 0.683. The van der Waals surface area contributed by atoms with Crippen molar-refractivity contribution in [3.63, 3.8) is 0 Å². The van der Waals surface area contributed by atoms with Crippen LogP contribution in [0.4, 0.5) is 5.69 Å². The van der Waals surface area contributed by atoms with E-state index < -0.39 is 0 Å². The van der Waals surface area contributed by atoms with Crippen LogP contribution in [0.3, 0.4) is 0 Å². The largest absolute Gasteiger partial charge is 0.324 e. The van der Waals surface area contributed by atoms with Crippen LogP contribution in [0.2, 0.25) is 0 Å². The van der Waals surface area contributed by atoms with Crippen molar-refractivity contribution < 1.29 is 4.79 Å². The molecule has 0 saturated heterocycles. The number of rotatable bonds is 6. The molecule has 0 heterocycles. The van der Waals surface area contributed by atoms with Gasteiger partial charge in [0.1, 0.15) is 0 Å². The summed E-state index contributed by atoms with van der Waals surface area (Å²) in [4.78, 5) is 14.2. The van der Waals surface area contributed by atoms with Gasteiger partial charge in [-0.15, -0.1) is 23.5 Å². The van der Waals surface area contributed by atoms with E-state index in [-0.39, 0.29) is 5.91 Å². The summed E-state index contributed by atoms with van der Waals surface area (Å²) in [7, 11) is 0. The Hall–Kier alpha value is -1.90. The Balaban J connectivity index is 1.94. The first-order chi connectivity index (χ1) is 11.1. The molecule has 0 bridgehead atoms. The van der Waals surface area contributed by atoms with Crippen LogP contribution in [0.25, 0.3) is 0 Å². The molecular weight excluding hydrogens is 324 g/mol. The standard InChI is InChI=1S/C18H18N2OS2/c1-13-7-8-15(11-14(13)2)23-12-18(21)20-16-5-3-4-6-17(16)22-10-9-19/h3-8,11H,10,12H2,1-2H3,(H,20,21). The third kappa shape index (κ3) is 5.34. The van der Waals surface area contributed by atoms with Crippen molar-refractivity contribution in [3.05, 3.63) is 53.6 Å². The summed E-state index contributed by atoms with van der Waals surface area (Å²) < 4.78 is 0. The van der Waals surface area contributed by atoms with E-state index in [1.54, 1.807) is 0 Å². The maximum atomic E-state index is 12.2. The number of carbonyl (C=O) groups excluding carboxylic acids is 1. The maximum Gasteiger partial charge on any atom is 0.234 e. The molecule has 0 unspecified atom stereocenters. The Morgan fingerprint density at radius 3 is 2.65 bits per heavy atom. The molecule has 0 aliphatic rings. The number of carbonyl (C=O) groups is 1. The van der Waals surface area contributed by atoms with E-state index in [0.29, 0.717) is 11.5 Å². The van der Waals surface area contributed by atoms with Gasteiger partial charge in [-0.1, -0.05) is 18.2 Å². The molecule has 0 fully saturated rings. The summed E-state index contributed by atoms with van der Waals surface area (Å²) >= 11 is 2.95. The van der Waals surface area contributed by atoms with E-state index in [2.05, 4.69) is 37.4 Å². The Bertz CT molecular complexity index is 738. The second kappa shape index (κ2) is 8.66. The van der Waals surface area contributed by atoms with Gasteiger partial charge in [-0.25, -0.2) is 0 Å². The van der Waals surface area contributed by atoms with Crippen molar-refractivity contribution in [1.82, 2.24) is 0 Å². The van der Waals surface area contributed by atoms with Crippen LogP contribution in [0.15, 0.2) is 52.3 Å². The van der Waals surface area contributed by atoms with Crippen molar-refractivity contribution in [1.29, 1.82) is 5.26 Å². The molecule has 2 aromatic rings. The van der Waals surface area contributed by atoms with E-state index in [9.17, 15) is 4.79 Å². The molecule has 5 heteroatoms. The van der Waals surface area contributed by atoms with Gasteiger partial charge in [0.25, 0.3) is 0 Å². The molecule has 0 spiro atoms. The zero-order chi connectivity index (χ0) is 16.7. The maximum absolute atomic E-state index is 12.2. The van der Waals surface area contributed by atoms with Gasteiger partial charge in [0.2, 0.25) is 5.91 Å². The normalized spacial score (nSPS) is 10.1. The van der Waals surface area contributed by atoms with Gasteiger partial charge in [0.05, 0.1) is 23.3 Å². The lowest BCUT2D eigenvalue weighted by Crippen LogP contribution is -2.14. The zero-order valence-electron chi connectivity index (χ0n) is 13.1. The van der Waals surface area contributed by atoms with E-state index in [1.165, 1.54) is 34.7 Å². The molecule has 0 aliphatic carbocycles. The van der Waals surface area contributed by atoms with Gasteiger partial charge in [-0.2, -0.15) is 5.26 Å². The van der Waals surface area contributed by atoms with Crippen LogP contribution in [-0.2, 0) is 4.79 Å². The second-order valence-electron chi connectivity index (χ2n) is 5.03. The lowest BCUT2D eigenvalue weighted by atomic mass is 10.1. The minimum atomic E-state index is -0.0433. The molecule has 1 N–H and O–H groups in total. The zero-order valence-corrected chi connectivity index (χ0v) is 14.8. The van der Waals surface area contributed by atoms with Crippen LogP contribution < -0.4 is 5.32 Å². The van der Waals surface area contributed by atoms with Gasteiger partial charge in [-0.3, -0.25) is 4.79 Å². The molecule has 2 rings (SSSR count). The number of benzene rings is 2. The molecule has 2 aromatic carbocycles. The fourth-order valence-corrected chi connectivity index (χ4v) is 3.41. The number of hydrogen-bond acceptors (Lipinski definition) is 4. The van der Waals surface area contributed by atoms with Crippen LogP contribution in [0.1, 0.15) is 11.1 Å². The van der Waals surface area contributed by atoms with E-state index in [1.807, 2.05) is 30.3 Å². The van der Waals surface area contributed by atoms with Gasteiger partial charge in [0, 0.05) is 9.79 Å². The number of nitriles is 1. The summed E-state index contributed by atoms with van der Waals surface area (Å²) in [6, 6.07) is 15.9. The van der Waals surface area contributed by atoms with Crippen molar-refractivity contribution in [2.45, 2.75) is 23.6 Å². The van der Waals surface area contributed by atoms with Crippen molar-refractivity contribution in [3.8, 4) is 6.07 Å². The average molecular weight is 342 g/mol. The van der Waals surface area contributed by atoms with Crippen molar-refractivity contribution >= 4 is 35.1 Å². The fraction of sp³-hybridized carbons (Fsp3) is 0.222. The van der Waals surface area contributed by atoms with Crippen LogP contribution in [0.5, 0.6) is 0 Å². The third-order valence-corrected chi connectivity index (χ3v) is 5.24. The molecule has 0 saturated carbocycles. The van der Waals surface area contributed by atoms with Crippen molar-refractivity contribution in [2.24, 2.45) is 0 Å². The third-order valence-electron chi connectivity index (χ3n) is 3.30. The minimum absolute atomic E-state index is 0.0433. The molecular formula is C18H18N2OS2. The number of thioether (sulfide) groups is 2. The Morgan fingerprint density at radius 2 is 1.91 bits per heavy atom. The Labute approximate surface area is 145 Å². The second-order valence-corrected chi connectivity index (χ2v) is 7.09. The lowest BCUT2D eigenvalue weighted by molar-refractivity contribution is -0.113. The highest BCUT2D eigenvalue weighted by atomic mass is 32.2. The number of para-hydroxylation sites is 1. The summed E-state index contributed by atoms with van der Waals surface area (Å²) in [5, 5.41) is 11.6. The highest BCUT2D eigenvalue weighted by Gasteiger charge is 2.08. The molecule has 0 atom stereocenters. The SMILES string of the molecule is Cc1ccc(SCC(=O)Nc2ccccc2SCC#N)cc1C. The Kier molecular flexibility index (Phi) is 6.57. The predicted molar refractivity (Wildman–Crippen MR) is 98.0 cm³/mol. The highest BCUT2D eigenvalue weighted by molar-refractivity contribution is 8.00. The monoisotopic (exact) mass is 342 g/mol. The molecule has 0 aliphatic heterocycles. The van der Waals surface area contributed by atoms with Gasteiger partial charge < -0.3 is 5.32 Å². The van der Waals surface area contributed by atoms with Crippen molar-refractivity contribution in [2.75, 3.05) is 16.8 Å². The fourth-order valence-electron chi connectivity index (χ4n) is 1.94. The minimum Gasteiger partial charge on any atom is -0.324 e. The molecule has 118 valence electrons. The summed E-state index contributed by atoms with van der Waals surface area (Å²) in [6.45, 7) is 4.15. The Morgan fingerprint density at radius 1 is 1.13 bits per heavy atom. The first-order valence-electron chi connectivity index (χ1n) is 7.19. The van der Waals surface area contributed by atoms with E-state index >= 15 is 0 Å². The van der Waals surface area contributed by atoms with Crippen LogP contribution >= 0.6 is 23.5 Å². The summed E-state index contributed by atoms with van der Waals surface area (Å²) in [5.41, 5.74) is 3.24. The smallest absolute Gasteiger partial charge is 0.234 e. The van der Waals surface area contributed by atoms with Crippen LogP contribution in [-0.4, -0.2) is 17.4 Å². The topological polar surface area (TPSA) is 52.9 Å². The molecule has 1 amide bonds. The van der Waals surface area contributed by atoms with E-state index in [4.69, 9.17) is 5.26 Å². The number of nitrogens with zero attached hydrogens (tertiary/aromatic N) is 1. The summed E-state index contributed by atoms with van der Waals surface area (Å²) in [6.07, 6.45) is 0. The van der Waals surface area contributed by atoms with Crippen LogP contribution in [0, 0.1) is 25.2 Å². The number of hydrogen-bond donors (Lipinski definition) is 1. The number of nitrogens with one attached hydrogen (secondary N) is 1.